The van der Waals surface area contributed by atoms with Crippen molar-refractivity contribution in [2.75, 3.05) is 0 Å². The van der Waals surface area contributed by atoms with Crippen molar-refractivity contribution in [2.24, 2.45) is 5.73 Å². The zero-order valence-electron chi connectivity index (χ0n) is 11.9. The third-order valence-electron chi connectivity index (χ3n) is 3.15. The van der Waals surface area contributed by atoms with Gasteiger partial charge in [-0.3, -0.25) is 0 Å². The minimum Gasteiger partial charge on any atom is -0.324 e. The Morgan fingerprint density at radius 2 is 2.00 bits per heavy atom. The maximum Gasteiger partial charge on any atom is 0.240 e. The number of nitrogens with one attached hydrogen (secondary N) is 1. The van der Waals surface area contributed by atoms with Crippen molar-refractivity contribution in [1.29, 1.82) is 0 Å². The minimum absolute atomic E-state index is 0.00560. The largest absolute Gasteiger partial charge is 0.324 e. The predicted molar refractivity (Wildman–Crippen MR) is 78.4 cm³/mol. The van der Waals surface area contributed by atoms with Gasteiger partial charge in [-0.15, -0.1) is 0 Å². The Kier molecular flexibility index (Phi) is 5.97. The lowest BCUT2D eigenvalue weighted by Crippen LogP contribution is -2.34. The molecule has 0 fully saturated rings. The average Bonchev–Trinajstić information content (AvgIpc) is 2.38. The number of sulfonamides is 1. The van der Waals surface area contributed by atoms with Crippen LogP contribution in [0.1, 0.15) is 51.6 Å². The Morgan fingerprint density at radius 3 is 2.53 bits per heavy atom. The van der Waals surface area contributed by atoms with Crippen molar-refractivity contribution in [3.8, 4) is 0 Å². The van der Waals surface area contributed by atoms with Crippen LogP contribution in [0.5, 0.6) is 0 Å². The second-order valence-electron chi connectivity index (χ2n) is 4.88. The molecule has 0 spiro atoms. The fourth-order valence-corrected chi connectivity index (χ4v) is 3.36. The maximum absolute atomic E-state index is 12.3. The molecule has 5 heteroatoms. The number of hydrogen-bond donors (Lipinski definition) is 2. The first-order valence-electron chi connectivity index (χ1n) is 6.78. The SMILES string of the molecule is CCCC(CC)NS(=O)(=O)c1cccc(C(C)N)c1. The molecule has 0 saturated carbocycles. The molecule has 2 unspecified atom stereocenters. The molecule has 0 radical (unpaired) electrons. The van der Waals surface area contributed by atoms with E-state index in [4.69, 9.17) is 5.73 Å². The van der Waals surface area contributed by atoms with Crippen LogP contribution in [0.15, 0.2) is 29.2 Å². The Hall–Kier alpha value is -0.910. The summed E-state index contributed by atoms with van der Waals surface area (Å²) in [5.41, 5.74) is 6.61. The van der Waals surface area contributed by atoms with E-state index in [1.807, 2.05) is 26.8 Å². The second-order valence-corrected chi connectivity index (χ2v) is 6.59. The van der Waals surface area contributed by atoms with E-state index in [0.29, 0.717) is 0 Å². The minimum atomic E-state index is -3.46. The molecule has 0 aliphatic rings. The van der Waals surface area contributed by atoms with E-state index in [0.717, 1.165) is 24.8 Å². The molecule has 1 aromatic carbocycles. The average molecular weight is 284 g/mol. The summed E-state index contributed by atoms with van der Waals surface area (Å²) in [6.07, 6.45) is 2.60. The lowest BCUT2D eigenvalue weighted by atomic mass is 10.1. The van der Waals surface area contributed by atoms with Crippen molar-refractivity contribution in [3.63, 3.8) is 0 Å². The van der Waals surface area contributed by atoms with Gasteiger partial charge in [0.25, 0.3) is 0 Å². The standard InChI is InChI=1S/C14H24N2O2S/c1-4-7-13(5-2)16-19(17,18)14-9-6-8-12(10-14)11(3)15/h6,8-11,13,16H,4-5,7,15H2,1-3H3. The van der Waals surface area contributed by atoms with Crippen LogP contribution >= 0.6 is 0 Å². The zero-order chi connectivity index (χ0) is 14.5. The molecule has 0 aliphatic carbocycles. The van der Waals surface area contributed by atoms with E-state index in [2.05, 4.69) is 4.72 Å². The zero-order valence-corrected chi connectivity index (χ0v) is 12.7. The summed E-state index contributed by atoms with van der Waals surface area (Å²) in [6, 6.07) is 6.64. The van der Waals surface area contributed by atoms with Crippen molar-refractivity contribution >= 4 is 10.0 Å². The molecule has 0 aromatic heterocycles. The molecule has 1 rings (SSSR count). The summed E-state index contributed by atoms with van der Waals surface area (Å²) >= 11 is 0. The fourth-order valence-electron chi connectivity index (χ4n) is 1.95. The highest BCUT2D eigenvalue weighted by molar-refractivity contribution is 7.89. The summed E-state index contributed by atoms with van der Waals surface area (Å²) in [4.78, 5) is 0.289. The van der Waals surface area contributed by atoms with E-state index in [-0.39, 0.29) is 17.0 Å². The molecular formula is C14H24N2O2S. The molecule has 2 atom stereocenters. The molecular weight excluding hydrogens is 260 g/mol. The van der Waals surface area contributed by atoms with Crippen LogP contribution in [-0.4, -0.2) is 14.5 Å². The predicted octanol–water partition coefficient (Wildman–Crippen LogP) is 2.56. The molecule has 108 valence electrons. The Labute approximate surface area is 116 Å². The van der Waals surface area contributed by atoms with E-state index in [1.165, 1.54) is 0 Å². The topological polar surface area (TPSA) is 72.2 Å². The number of nitrogens with two attached hydrogens (primary N) is 1. The summed E-state index contributed by atoms with van der Waals surface area (Å²) in [5, 5.41) is 0. The molecule has 4 nitrogen and oxygen atoms in total. The summed E-state index contributed by atoms with van der Waals surface area (Å²) in [6.45, 7) is 5.88. The Balaban J connectivity index is 2.96. The van der Waals surface area contributed by atoms with Crippen molar-refractivity contribution in [3.05, 3.63) is 29.8 Å². The van der Waals surface area contributed by atoms with Crippen molar-refractivity contribution in [1.82, 2.24) is 4.72 Å². The Morgan fingerprint density at radius 1 is 1.32 bits per heavy atom. The quantitative estimate of drug-likeness (QED) is 0.808. The van der Waals surface area contributed by atoms with Gasteiger partial charge in [0.15, 0.2) is 0 Å². The normalized spacial score (nSPS) is 15.2. The van der Waals surface area contributed by atoms with E-state index in [9.17, 15) is 8.42 Å². The fraction of sp³-hybridized carbons (Fsp3) is 0.571. The molecule has 0 bridgehead atoms. The highest BCUT2D eigenvalue weighted by Crippen LogP contribution is 2.17. The summed E-state index contributed by atoms with van der Waals surface area (Å²) in [7, 11) is -3.46. The third-order valence-corrected chi connectivity index (χ3v) is 4.66. The van der Waals surface area contributed by atoms with E-state index < -0.39 is 10.0 Å². The monoisotopic (exact) mass is 284 g/mol. The van der Waals surface area contributed by atoms with Gasteiger partial charge in [0.2, 0.25) is 10.0 Å². The maximum atomic E-state index is 12.3. The van der Waals surface area contributed by atoms with Gasteiger partial charge in [-0.2, -0.15) is 0 Å². The molecule has 0 aliphatic heterocycles. The Bertz CT molecular complexity index is 498. The van der Waals surface area contributed by atoms with Crippen LogP contribution in [0.25, 0.3) is 0 Å². The van der Waals surface area contributed by atoms with Crippen molar-refractivity contribution in [2.45, 2.75) is 57.0 Å². The summed E-state index contributed by atoms with van der Waals surface area (Å²) < 4.78 is 27.4. The van der Waals surface area contributed by atoms with Gasteiger partial charge in [0, 0.05) is 12.1 Å². The van der Waals surface area contributed by atoms with Gasteiger partial charge >= 0.3 is 0 Å². The first-order valence-corrected chi connectivity index (χ1v) is 8.26. The van der Waals surface area contributed by atoms with Crippen LogP contribution in [0.4, 0.5) is 0 Å². The van der Waals surface area contributed by atoms with Crippen LogP contribution < -0.4 is 10.5 Å². The lowest BCUT2D eigenvalue weighted by molar-refractivity contribution is 0.512. The van der Waals surface area contributed by atoms with Crippen LogP contribution in [0.2, 0.25) is 0 Å². The van der Waals surface area contributed by atoms with E-state index >= 15 is 0 Å². The number of benzene rings is 1. The second kappa shape index (κ2) is 7.03. The van der Waals surface area contributed by atoms with Gasteiger partial charge in [-0.1, -0.05) is 32.4 Å². The first kappa shape index (κ1) is 16.1. The van der Waals surface area contributed by atoms with Gasteiger partial charge in [0.05, 0.1) is 4.90 Å². The van der Waals surface area contributed by atoms with E-state index in [1.54, 1.807) is 18.2 Å². The molecule has 0 heterocycles. The first-order chi connectivity index (χ1) is 8.90. The highest BCUT2D eigenvalue weighted by atomic mass is 32.2. The van der Waals surface area contributed by atoms with Gasteiger partial charge < -0.3 is 5.73 Å². The molecule has 1 aromatic rings. The van der Waals surface area contributed by atoms with Gasteiger partial charge in [0.1, 0.15) is 0 Å². The molecule has 0 amide bonds. The smallest absolute Gasteiger partial charge is 0.240 e. The third kappa shape index (κ3) is 4.60. The van der Waals surface area contributed by atoms with Gasteiger partial charge in [-0.25, -0.2) is 13.1 Å². The van der Waals surface area contributed by atoms with Gasteiger partial charge in [-0.05, 0) is 37.5 Å². The van der Waals surface area contributed by atoms with Crippen LogP contribution in [-0.2, 0) is 10.0 Å². The molecule has 3 N–H and O–H groups in total. The molecule has 0 saturated heterocycles. The summed E-state index contributed by atoms with van der Waals surface area (Å²) in [5.74, 6) is 0. The highest BCUT2D eigenvalue weighted by Gasteiger charge is 2.19. The number of rotatable bonds is 7. The van der Waals surface area contributed by atoms with Crippen LogP contribution in [0, 0.1) is 0 Å². The lowest BCUT2D eigenvalue weighted by Gasteiger charge is -2.17. The van der Waals surface area contributed by atoms with Crippen molar-refractivity contribution < 1.29 is 8.42 Å². The molecule has 19 heavy (non-hydrogen) atoms. The van der Waals surface area contributed by atoms with Crippen LogP contribution in [0.3, 0.4) is 0 Å². The number of hydrogen-bond acceptors (Lipinski definition) is 3.